The molecule has 126 valence electrons. The van der Waals surface area contributed by atoms with E-state index in [0.29, 0.717) is 13.0 Å². The van der Waals surface area contributed by atoms with Crippen molar-refractivity contribution in [2.75, 3.05) is 6.54 Å². The predicted molar refractivity (Wildman–Crippen MR) is 87.5 cm³/mol. The molecular formula is C18H25NO4. The van der Waals surface area contributed by atoms with Crippen molar-refractivity contribution in [1.82, 2.24) is 4.90 Å². The molecule has 1 N–H and O–H groups in total. The molecule has 1 heterocycles. The summed E-state index contributed by atoms with van der Waals surface area (Å²) in [5.41, 5.74) is 0.293. The van der Waals surface area contributed by atoms with E-state index in [1.807, 2.05) is 31.2 Å². The van der Waals surface area contributed by atoms with Gasteiger partial charge in [-0.2, -0.15) is 0 Å². The lowest BCUT2D eigenvalue weighted by Crippen LogP contribution is -2.52. The summed E-state index contributed by atoms with van der Waals surface area (Å²) in [6, 6.07) is 8.01. The van der Waals surface area contributed by atoms with Crippen molar-refractivity contribution in [2.45, 2.75) is 58.1 Å². The Balaban J connectivity index is 2.28. The summed E-state index contributed by atoms with van der Waals surface area (Å²) in [5.74, 6) is -1.01. The Kier molecular flexibility index (Phi) is 4.42. The molecule has 0 bridgehead atoms. The number of ether oxygens (including phenoxy) is 1. The quantitative estimate of drug-likeness (QED) is 0.905. The fraction of sp³-hybridized carbons (Fsp3) is 0.556. The highest BCUT2D eigenvalue weighted by Crippen LogP contribution is 2.40. The third-order valence-electron chi connectivity index (χ3n) is 4.27. The molecule has 5 nitrogen and oxygen atoms in total. The number of aryl methyl sites for hydroxylation is 1. The van der Waals surface area contributed by atoms with Crippen LogP contribution < -0.4 is 0 Å². The Morgan fingerprint density at radius 1 is 1.26 bits per heavy atom. The summed E-state index contributed by atoms with van der Waals surface area (Å²) in [4.78, 5) is 25.6. The van der Waals surface area contributed by atoms with E-state index in [0.717, 1.165) is 11.1 Å². The van der Waals surface area contributed by atoms with Crippen LogP contribution in [0.2, 0.25) is 0 Å². The van der Waals surface area contributed by atoms with Crippen LogP contribution in [0.4, 0.5) is 4.79 Å². The minimum Gasteiger partial charge on any atom is -0.480 e. The highest BCUT2D eigenvalue weighted by molar-refractivity contribution is 5.85. The lowest BCUT2D eigenvalue weighted by molar-refractivity contribution is -0.148. The van der Waals surface area contributed by atoms with Crippen molar-refractivity contribution in [3.63, 3.8) is 0 Å². The molecule has 1 aromatic carbocycles. The lowest BCUT2D eigenvalue weighted by atomic mass is 9.89. The van der Waals surface area contributed by atoms with Crippen molar-refractivity contribution in [2.24, 2.45) is 0 Å². The van der Waals surface area contributed by atoms with Gasteiger partial charge < -0.3 is 9.84 Å². The SMILES string of the molecule is Cc1ccc(C2CN(C(=O)OC(C)(C)C)C(C)(C(=O)O)C2)cc1. The number of benzene rings is 1. The van der Waals surface area contributed by atoms with Crippen LogP contribution in [0.25, 0.3) is 0 Å². The Labute approximate surface area is 137 Å². The summed E-state index contributed by atoms with van der Waals surface area (Å²) < 4.78 is 5.39. The fourth-order valence-electron chi connectivity index (χ4n) is 2.93. The maximum atomic E-state index is 12.5. The molecule has 0 aromatic heterocycles. The van der Waals surface area contributed by atoms with Gasteiger partial charge in [-0.15, -0.1) is 0 Å². The van der Waals surface area contributed by atoms with Gasteiger partial charge in [0, 0.05) is 12.5 Å². The zero-order valence-corrected chi connectivity index (χ0v) is 14.4. The van der Waals surface area contributed by atoms with Crippen molar-refractivity contribution in [3.05, 3.63) is 35.4 Å². The first kappa shape index (κ1) is 17.3. The van der Waals surface area contributed by atoms with Gasteiger partial charge >= 0.3 is 12.1 Å². The molecule has 1 amide bonds. The van der Waals surface area contributed by atoms with Gasteiger partial charge in [-0.3, -0.25) is 4.90 Å². The van der Waals surface area contributed by atoms with Crippen molar-refractivity contribution >= 4 is 12.1 Å². The average molecular weight is 319 g/mol. The zero-order chi connectivity index (χ0) is 17.4. The van der Waals surface area contributed by atoms with Crippen LogP contribution in [0.1, 0.15) is 51.2 Å². The maximum Gasteiger partial charge on any atom is 0.411 e. The second-order valence-electron chi connectivity index (χ2n) is 7.48. The summed E-state index contributed by atoms with van der Waals surface area (Å²) in [6.45, 7) is 9.27. The first-order valence-electron chi connectivity index (χ1n) is 7.83. The maximum absolute atomic E-state index is 12.5. The van der Waals surface area contributed by atoms with Gasteiger partial charge in [0.15, 0.2) is 0 Å². The Bertz CT molecular complexity index is 602. The summed E-state index contributed by atoms with van der Waals surface area (Å²) in [7, 11) is 0. The predicted octanol–water partition coefficient (Wildman–Crippen LogP) is 3.56. The van der Waals surface area contributed by atoms with Crippen molar-refractivity contribution in [3.8, 4) is 0 Å². The van der Waals surface area contributed by atoms with E-state index in [-0.39, 0.29) is 5.92 Å². The highest BCUT2D eigenvalue weighted by Gasteiger charge is 2.51. The smallest absolute Gasteiger partial charge is 0.411 e. The Morgan fingerprint density at radius 2 is 1.83 bits per heavy atom. The van der Waals surface area contributed by atoms with E-state index in [1.165, 1.54) is 4.90 Å². The minimum absolute atomic E-state index is 0.00998. The van der Waals surface area contributed by atoms with Gasteiger partial charge in [0.05, 0.1) is 0 Å². The molecular weight excluding hydrogens is 294 g/mol. The van der Waals surface area contributed by atoms with Crippen LogP contribution in [-0.2, 0) is 9.53 Å². The molecule has 2 atom stereocenters. The molecule has 0 spiro atoms. The first-order chi connectivity index (χ1) is 10.5. The van der Waals surface area contributed by atoms with Crippen LogP contribution in [-0.4, -0.2) is 39.8 Å². The number of carboxylic acid groups (broad SMARTS) is 1. The van der Waals surface area contributed by atoms with E-state index in [9.17, 15) is 14.7 Å². The molecule has 1 aliphatic heterocycles. The fourth-order valence-corrected chi connectivity index (χ4v) is 2.93. The normalized spacial score (nSPS) is 24.6. The molecule has 1 fully saturated rings. The molecule has 2 rings (SSSR count). The van der Waals surface area contributed by atoms with E-state index in [2.05, 4.69) is 0 Å². The van der Waals surface area contributed by atoms with Gasteiger partial charge in [0.1, 0.15) is 11.1 Å². The molecule has 1 aromatic rings. The zero-order valence-electron chi connectivity index (χ0n) is 14.4. The number of aliphatic carboxylic acids is 1. The standard InChI is InChI=1S/C18H25NO4/c1-12-6-8-13(9-7-12)14-10-18(5,15(20)21)19(11-14)16(22)23-17(2,3)4/h6-9,14H,10-11H2,1-5H3,(H,20,21). The number of amides is 1. The first-order valence-corrected chi connectivity index (χ1v) is 7.83. The number of hydrogen-bond acceptors (Lipinski definition) is 3. The molecule has 5 heteroatoms. The molecule has 0 aliphatic carbocycles. The second-order valence-corrected chi connectivity index (χ2v) is 7.48. The molecule has 1 aliphatic rings. The van der Waals surface area contributed by atoms with E-state index in [4.69, 9.17) is 4.74 Å². The third kappa shape index (κ3) is 3.66. The summed E-state index contributed by atoms with van der Waals surface area (Å²) >= 11 is 0. The van der Waals surface area contributed by atoms with Crippen LogP contribution in [0.3, 0.4) is 0 Å². The van der Waals surface area contributed by atoms with Gasteiger partial charge in [-0.05, 0) is 46.6 Å². The Hall–Kier alpha value is -2.04. The second kappa shape index (κ2) is 5.87. The van der Waals surface area contributed by atoms with Gasteiger partial charge in [-0.1, -0.05) is 29.8 Å². The topological polar surface area (TPSA) is 66.8 Å². The molecule has 2 unspecified atom stereocenters. The average Bonchev–Trinajstić information content (AvgIpc) is 2.77. The number of nitrogens with zero attached hydrogens (tertiary/aromatic N) is 1. The number of carbonyl (C=O) groups excluding carboxylic acids is 1. The van der Waals surface area contributed by atoms with Gasteiger partial charge in [-0.25, -0.2) is 9.59 Å². The van der Waals surface area contributed by atoms with E-state index in [1.54, 1.807) is 27.7 Å². The number of carbonyl (C=O) groups is 2. The third-order valence-corrected chi connectivity index (χ3v) is 4.27. The van der Waals surface area contributed by atoms with Crippen molar-refractivity contribution < 1.29 is 19.4 Å². The number of likely N-dealkylation sites (tertiary alicyclic amines) is 1. The number of carboxylic acids is 1. The van der Waals surface area contributed by atoms with Crippen LogP contribution in [0, 0.1) is 6.92 Å². The number of rotatable bonds is 2. The molecule has 23 heavy (non-hydrogen) atoms. The van der Waals surface area contributed by atoms with Gasteiger partial charge in [0.2, 0.25) is 0 Å². The lowest BCUT2D eigenvalue weighted by Gasteiger charge is -2.32. The monoisotopic (exact) mass is 319 g/mol. The van der Waals surface area contributed by atoms with Crippen LogP contribution in [0.15, 0.2) is 24.3 Å². The number of hydrogen-bond donors (Lipinski definition) is 1. The van der Waals surface area contributed by atoms with Crippen molar-refractivity contribution in [1.29, 1.82) is 0 Å². The van der Waals surface area contributed by atoms with E-state index >= 15 is 0 Å². The Morgan fingerprint density at radius 3 is 2.30 bits per heavy atom. The van der Waals surface area contributed by atoms with Crippen LogP contribution in [0.5, 0.6) is 0 Å². The van der Waals surface area contributed by atoms with Crippen LogP contribution >= 0.6 is 0 Å². The molecule has 0 saturated carbocycles. The highest BCUT2D eigenvalue weighted by atomic mass is 16.6. The minimum atomic E-state index is -1.25. The largest absolute Gasteiger partial charge is 0.480 e. The van der Waals surface area contributed by atoms with E-state index < -0.39 is 23.2 Å². The van der Waals surface area contributed by atoms with Gasteiger partial charge in [0.25, 0.3) is 0 Å². The summed E-state index contributed by atoms with van der Waals surface area (Å²) in [6.07, 6.45) is -0.193. The molecule has 1 saturated heterocycles. The molecule has 0 radical (unpaired) electrons. The summed E-state index contributed by atoms with van der Waals surface area (Å²) in [5, 5.41) is 9.65.